The van der Waals surface area contributed by atoms with Crippen LogP contribution in [0.15, 0.2) is 48.5 Å². The van der Waals surface area contributed by atoms with Crippen LogP contribution in [0.5, 0.6) is 0 Å². The third kappa shape index (κ3) is 7.06. The van der Waals surface area contributed by atoms with Gasteiger partial charge in [-0.2, -0.15) is 21.0 Å². The van der Waals surface area contributed by atoms with Crippen molar-refractivity contribution in [3.63, 3.8) is 0 Å². The Balaban J connectivity index is 2.21. The van der Waals surface area contributed by atoms with Gasteiger partial charge in [-0.15, -0.1) is 0 Å². The average Bonchev–Trinajstić information content (AvgIpc) is 2.69. The maximum absolute atomic E-state index is 11.7. The van der Waals surface area contributed by atoms with Gasteiger partial charge in [0, 0.05) is 24.3 Å². The lowest BCUT2D eigenvalue weighted by Crippen LogP contribution is -2.13. The van der Waals surface area contributed by atoms with Gasteiger partial charge in [0.05, 0.1) is 28.1 Å². The third-order valence-corrected chi connectivity index (χ3v) is 4.94. The van der Waals surface area contributed by atoms with E-state index in [4.69, 9.17) is 8.92 Å². The molecule has 2 atom stereocenters. The van der Waals surface area contributed by atoms with E-state index in [2.05, 4.69) is 12.6 Å². The molecule has 2 aromatic rings. The Morgan fingerprint density at radius 2 is 1.27 bits per heavy atom. The third-order valence-electron chi connectivity index (χ3n) is 4.21. The topological polar surface area (TPSA) is 139 Å². The molecule has 162 valence electrons. The van der Waals surface area contributed by atoms with Crippen LogP contribution in [0.3, 0.4) is 0 Å². The maximum atomic E-state index is 11.7. The lowest BCUT2D eigenvalue weighted by Gasteiger charge is -2.21. The first-order valence-corrected chi connectivity index (χ1v) is 11.1. The number of hydrogen-bond donors (Lipinski definition) is 1. The van der Waals surface area contributed by atoms with E-state index in [-0.39, 0.29) is 23.7 Å². The molecule has 0 aliphatic carbocycles. The highest BCUT2D eigenvalue weighted by Gasteiger charge is 2.22. The van der Waals surface area contributed by atoms with E-state index in [0.29, 0.717) is 17.5 Å². The second-order valence-corrected chi connectivity index (χ2v) is 8.21. The van der Waals surface area contributed by atoms with Gasteiger partial charge in [0.25, 0.3) is 21.5 Å². The molecule has 0 aliphatic heterocycles. The van der Waals surface area contributed by atoms with Crippen LogP contribution in [0.2, 0.25) is 0 Å². The van der Waals surface area contributed by atoms with Crippen LogP contribution >= 0.6 is 12.6 Å². The normalized spacial score (nSPS) is 13.5. The predicted molar refractivity (Wildman–Crippen MR) is 112 cm³/mol. The lowest BCUT2D eigenvalue weighted by molar-refractivity contribution is -0.385. The number of benzene rings is 2. The van der Waals surface area contributed by atoms with Crippen molar-refractivity contribution in [1.29, 1.82) is 0 Å². The molecule has 12 heteroatoms. The number of rotatable bonds is 11. The molecule has 30 heavy (non-hydrogen) atoms. The van der Waals surface area contributed by atoms with E-state index in [1.165, 1.54) is 36.4 Å². The van der Waals surface area contributed by atoms with E-state index >= 15 is 0 Å². The molecule has 0 aliphatic rings. The van der Waals surface area contributed by atoms with Crippen LogP contribution < -0.4 is 0 Å². The lowest BCUT2D eigenvalue weighted by atomic mass is 9.99. The summed E-state index contributed by atoms with van der Waals surface area (Å²) in [4.78, 5) is 20.6. The monoisotopic (exact) mass is 456 g/mol. The van der Waals surface area contributed by atoms with Gasteiger partial charge < -0.3 is 4.74 Å². The summed E-state index contributed by atoms with van der Waals surface area (Å²) in [7, 11) is -3.80. The van der Waals surface area contributed by atoms with Crippen molar-refractivity contribution in [2.75, 3.05) is 12.2 Å². The highest BCUT2D eigenvalue weighted by atomic mass is 32.2. The molecule has 0 N–H and O–H groups in total. The van der Waals surface area contributed by atoms with Crippen LogP contribution in [0.1, 0.15) is 36.2 Å². The number of thiol groups is 1. The van der Waals surface area contributed by atoms with Crippen LogP contribution in [0.25, 0.3) is 0 Å². The number of nitro benzene ring substituents is 2. The smallest absolute Gasteiger partial charge is 0.269 e. The summed E-state index contributed by atoms with van der Waals surface area (Å²) in [5.41, 5.74) is 0.933. The van der Waals surface area contributed by atoms with Gasteiger partial charge in [0.2, 0.25) is 0 Å². The molecule has 0 spiro atoms. The van der Waals surface area contributed by atoms with Gasteiger partial charge >= 0.3 is 0 Å². The van der Waals surface area contributed by atoms with Gasteiger partial charge in [0.15, 0.2) is 0 Å². The van der Waals surface area contributed by atoms with Crippen LogP contribution in [-0.2, 0) is 19.0 Å². The Morgan fingerprint density at radius 1 is 0.867 bits per heavy atom. The summed E-state index contributed by atoms with van der Waals surface area (Å²) in [6.07, 6.45) is 0.0520. The van der Waals surface area contributed by atoms with Gasteiger partial charge in [-0.05, 0) is 48.2 Å². The van der Waals surface area contributed by atoms with Crippen molar-refractivity contribution < 1.29 is 27.2 Å². The molecule has 2 aromatic carbocycles. The molecule has 0 aromatic heterocycles. The fraction of sp³-hybridized carbons (Fsp3) is 0.333. The van der Waals surface area contributed by atoms with E-state index in [1.807, 2.05) is 0 Å². The Labute approximate surface area is 178 Å². The van der Waals surface area contributed by atoms with Crippen molar-refractivity contribution in [3.05, 3.63) is 79.9 Å². The largest absolute Gasteiger partial charge is 0.363 e. The van der Waals surface area contributed by atoms with Gasteiger partial charge in [-0.1, -0.05) is 0 Å². The van der Waals surface area contributed by atoms with Gasteiger partial charge in [0.1, 0.15) is 6.10 Å². The van der Waals surface area contributed by atoms with Crippen LogP contribution in [0, 0.1) is 20.2 Å². The fourth-order valence-electron chi connectivity index (χ4n) is 2.84. The molecular weight excluding hydrogens is 436 g/mol. The highest BCUT2D eigenvalue weighted by Crippen LogP contribution is 2.32. The Hall–Kier alpha value is -2.54. The average molecular weight is 456 g/mol. The quantitative estimate of drug-likeness (QED) is 0.176. The van der Waals surface area contributed by atoms with E-state index in [1.54, 1.807) is 12.1 Å². The number of nitro groups is 2. The standard InChI is InChI=1S/C18H20N2O8S2/c1-30(25,26)28-18(14-4-8-16(9-5-14)20(23)24)11-10-17(27-12-29)13-2-6-15(7-3-13)19(21)22/h2-9,17-18,29H,10-12H2,1H3/t17-,18-/m1/s1. The minimum Gasteiger partial charge on any atom is -0.363 e. The number of nitrogens with zero attached hydrogens (tertiary/aromatic N) is 2. The fourth-order valence-corrected chi connectivity index (χ4v) is 3.65. The van der Waals surface area contributed by atoms with Crippen LogP contribution in [-0.4, -0.2) is 30.5 Å². The number of non-ortho nitro benzene ring substituents is 2. The first-order valence-electron chi connectivity index (χ1n) is 8.70. The summed E-state index contributed by atoms with van der Waals surface area (Å²) < 4.78 is 34.2. The summed E-state index contributed by atoms with van der Waals surface area (Å²) in [5.74, 6) is 0.0801. The summed E-state index contributed by atoms with van der Waals surface area (Å²) in [6.45, 7) is 0. The Bertz CT molecular complexity index is 978. The minimum absolute atomic E-state index is 0.0625. The Morgan fingerprint density at radius 3 is 1.63 bits per heavy atom. The minimum atomic E-state index is -3.80. The molecule has 2 rings (SSSR count). The molecule has 10 nitrogen and oxygen atoms in total. The van der Waals surface area contributed by atoms with Crippen molar-refractivity contribution >= 4 is 34.1 Å². The molecular formula is C18H20N2O8S2. The van der Waals surface area contributed by atoms with Gasteiger partial charge in [-0.3, -0.25) is 24.4 Å². The molecule has 0 heterocycles. The molecule has 0 radical (unpaired) electrons. The van der Waals surface area contributed by atoms with Gasteiger partial charge in [-0.25, -0.2) is 0 Å². The summed E-state index contributed by atoms with van der Waals surface area (Å²) in [5, 5.41) is 21.7. The summed E-state index contributed by atoms with van der Waals surface area (Å²) in [6, 6.07) is 11.2. The number of ether oxygens (including phenoxy) is 1. The predicted octanol–water partition coefficient (Wildman–Crippen LogP) is 3.95. The van der Waals surface area contributed by atoms with Crippen molar-refractivity contribution in [1.82, 2.24) is 0 Å². The zero-order chi connectivity index (χ0) is 22.3. The van der Waals surface area contributed by atoms with E-state index in [9.17, 15) is 28.6 Å². The first-order chi connectivity index (χ1) is 14.1. The zero-order valence-electron chi connectivity index (χ0n) is 15.9. The van der Waals surface area contributed by atoms with Crippen LogP contribution in [0.4, 0.5) is 11.4 Å². The van der Waals surface area contributed by atoms with Crippen molar-refractivity contribution in [2.45, 2.75) is 25.0 Å². The zero-order valence-corrected chi connectivity index (χ0v) is 17.6. The second-order valence-electron chi connectivity index (χ2n) is 6.35. The van der Waals surface area contributed by atoms with E-state index < -0.39 is 32.2 Å². The SMILES string of the molecule is CS(=O)(=O)O[C@H](CC[C@@H](OCS)c1ccc([N+](=O)[O-])cc1)c1ccc([N+](=O)[O-])cc1. The first kappa shape index (κ1) is 23.7. The van der Waals surface area contributed by atoms with Crippen molar-refractivity contribution in [3.8, 4) is 0 Å². The molecule has 0 fully saturated rings. The second kappa shape index (κ2) is 10.5. The molecule has 0 unspecified atom stereocenters. The Kier molecular flexibility index (Phi) is 8.29. The molecule has 0 saturated heterocycles. The van der Waals surface area contributed by atoms with E-state index in [0.717, 1.165) is 6.26 Å². The molecule has 0 bridgehead atoms. The molecule has 0 saturated carbocycles. The summed E-state index contributed by atoms with van der Waals surface area (Å²) >= 11 is 4.06. The van der Waals surface area contributed by atoms with Crippen molar-refractivity contribution in [2.24, 2.45) is 0 Å². The maximum Gasteiger partial charge on any atom is 0.269 e. The number of hydrogen-bond acceptors (Lipinski definition) is 9. The molecule has 0 amide bonds. The highest BCUT2D eigenvalue weighted by molar-refractivity contribution is 7.86.